The summed E-state index contributed by atoms with van der Waals surface area (Å²) in [5.41, 5.74) is 0.424. The third-order valence-electron chi connectivity index (χ3n) is 2.39. The monoisotopic (exact) mass is 242 g/mol. The van der Waals surface area contributed by atoms with Crippen LogP contribution >= 0.6 is 11.6 Å². The highest BCUT2D eigenvalue weighted by atomic mass is 35.5. The number of hydrogen-bond acceptors (Lipinski definition) is 5. The Morgan fingerprint density at radius 2 is 2.38 bits per heavy atom. The molecule has 1 aromatic rings. The van der Waals surface area contributed by atoms with Gasteiger partial charge in [0, 0.05) is 7.05 Å². The predicted octanol–water partition coefficient (Wildman–Crippen LogP) is 0.269. The lowest BCUT2D eigenvalue weighted by Crippen LogP contribution is -2.27. The van der Waals surface area contributed by atoms with Gasteiger partial charge in [-0.05, 0) is 0 Å². The molecule has 1 saturated heterocycles. The minimum atomic E-state index is -0.659. The summed E-state index contributed by atoms with van der Waals surface area (Å²) in [7, 11) is 1.68. The number of carbonyl (C=O) groups is 1. The minimum Gasteiger partial charge on any atom is -0.391 e. The number of aliphatic hydroxyl groups is 1. The van der Waals surface area contributed by atoms with Crippen LogP contribution in [0.3, 0.4) is 0 Å². The Morgan fingerprint density at radius 3 is 2.94 bits per heavy atom. The Labute approximate surface area is 97.3 Å². The van der Waals surface area contributed by atoms with Gasteiger partial charge in [0.25, 0.3) is 0 Å². The van der Waals surface area contributed by atoms with E-state index >= 15 is 0 Å². The SMILES string of the molecule is CNc1ncnc(Cl)c1N1CC(O)CC1=O. The Kier molecular flexibility index (Phi) is 2.93. The smallest absolute Gasteiger partial charge is 0.229 e. The number of hydrogen-bond donors (Lipinski definition) is 2. The summed E-state index contributed by atoms with van der Waals surface area (Å²) in [5, 5.41) is 12.5. The highest BCUT2D eigenvalue weighted by Crippen LogP contribution is 2.33. The third kappa shape index (κ3) is 1.81. The molecule has 0 aromatic carbocycles. The molecule has 0 spiro atoms. The van der Waals surface area contributed by atoms with E-state index in [0.29, 0.717) is 11.5 Å². The number of halogens is 1. The number of β-amino-alcohol motifs (C(OH)–C–C–N with tert-alkyl or cyclic N) is 1. The van der Waals surface area contributed by atoms with Crippen molar-refractivity contribution >= 4 is 29.0 Å². The molecule has 1 atom stereocenters. The first-order chi connectivity index (χ1) is 7.63. The maximum Gasteiger partial charge on any atom is 0.229 e. The second kappa shape index (κ2) is 4.23. The van der Waals surface area contributed by atoms with Crippen molar-refractivity contribution in [3.8, 4) is 0 Å². The number of amides is 1. The molecule has 1 fully saturated rings. The van der Waals surface area contributed by atoms with Gasteiger partial charge in [-0.2, -0.15) is 0 Å². The molecule has 0 saturated carbocycles. The summed E-state index contributed by atoms with van der Waals surface area (Å²) in [5.74, 6) is 0.295. The molecule has 6 nitrogen and oxygen atoms in total. The fourth-order valence-electron chi connectivity index (χ4n) is 1.68. The van der Waals surface area contributed by atoms with E-state index in [1.807, 2.05) is 0 Å². The molecule has 0 aliphatic carbocycles. The lowest BCUT2D eigenvalue weighted by molar-refractivity contribution is -0.117. The molecule has 0 bridgehead atoms. The largest absolute Gasteiger partial charge is 0.391 e. The summed E-state index contributed by atoms with van der Waals surface area (Å²) < 4.78 is 0. The van der Waals surface area contributed by atoms with E-state index < -0.39 is 6.10 Å². The van der Waals surface area contributed by atoms with Gasteiger partial charge in [-0.1, -0.05) is 11.6 Å². The number of nitrogens with one attached hydrogen (secondary N) is 1. The van der Waals surface area contributed by atoms with Crippen molar-refractivity contribution in [2.45, 2.75) is 12.5 Å². The lowest BCUT2D eigenvalue weighted by Gasteiger charge is -2.19. The van der Waals surface area contributed by atoms with Crippen molar-refractivity contribution in [2.24, 2.45) is 0 Å². The zero-order valence-corrected chi connectivity index (χ0v) is 9.40. The standard InChI is InChI=1S/C9H11ClN4O2/c1-11-9-7(8(10)12-4-13-9)14-3-5(15)2-6(14)16/h4-5,15H,2-3H2,1H3,(H,11,12,13). The third-order valence-corrected chi connectivity index (χ3v) is 2.67. The van der Waals surface area contributed by atoms with Crippen LogP contribution in [-0.2, 0) is 4.79 Å². The van der Waals surface area contributed by atoms with Gasteiger partial charge in [-0.15, -0.1) is 0 Å². The first kappa shape index (κ1) is 11.1. The molecule has 1 aliphatic heterocycles. The molecule has 86 valence electrons. The predicted molar refractivity (Wildman–Crippen MR) is 59.6 cm³/mol. The number of aromatic nitrogens is 2. The second-order valence-electron chi connectivity index (χ2n) is 3.47. The highest BCUT2D eigenvalue weighted by molar-refractivity contribution is 6.33. The van der Waals surface area contributed by atoms with E-state index in [4.69, 9.17) is 11.6 Å². The molecule has 2 N–H and O–H groups in total. The average molecular weight is 243 g/mol. The zero-order chi connectivity index (χ0) is 11.7. The molecule has 1 aromatic heterocycles. The maximum absolute atomic E-state index is 11.6. The van der Waals surface area contributed by atoms with Gasteiger partial charge >= 0.3 is 0 Å². The van der Waals surface area contributed by atoms with E-state index in [-0.39, 0.29) is 24.0 Å². The Bertz CT molecular complexity index is 426. The van der Waals surface area contributed by atoms with Crippen LogP contribution < -0.4 is 10.2 Å². The second-order valence-corrected chi connectivity index (χ2v) is 3.83. The quantitative estimate of drug-likeness (QED) is 0.728. The first-order valence-electron chi connectivity index (χ1n) is 4.80. The van der Waals surface area contributed by atoms with Gasteiger partial charge in [-0.3, -0.25) is 4.79 Å². The van der Waals surface area contributed by atoms with Crippen molar-refractivity contribution < 1.29 is 9.90 Å². The van der Waals surface area contributed by atoms with E-state index in [2.05, 4.69) is 15.3 Å². The van der Waals surface area contributed by atoms with E-state index in [1.165, 1.54) is 11.2 Å². The van der Waals surface area contributed by atoms with Gasteiger partial charge < -0.3 is 15.3 Å². The average Bonchev–Trinajstić information content (AvgIpc) is 2.57. The van der Waals surface area contributed by atoms with Crippen LogP contribution in [0.5, 0.6) is 0 Å². The molecule has 16 heavy (non-hydrogen) atoms. The Balaban J connectivity index is 2.43. The van der Waals surface area contributed by atoms with Crippen molar-refractivity contribution in [1.82, 2.24) is 9.97 Å². The van der Waals surface area contributed by atoms with E-state index in [9.17, 15) is 9.90 Å². The topological polar surface area (TPSA) is 78.3 Å². The number of nitrogens with zero attached hydrogens (tertiary/aromatic N) is 3. The number of rotatable bonds is 2. The summed E-state index contributed by atoms with van der Waals surface area (Å²) in [6.07, 6.45) is 0.761. The summed E-state index contributed by atoms with van der Waals surface area (Å²) >= 11 is 5.93. The minimum absolute atomic E-state index is 0.106. The molecule has 2 rings (SSSR count). The van der Waals surface area contributed by atoms with Crippen molar-refractivity contribution in [2.75, 3.05) is 23.8 Å². The van der Waals surface area contributed by atoms with Crippen LogP contribution in [0.15, 0.2) is 6.33 Å². The first-order valence-corrected chi connectivity index (χ1v) is 5.18. The number of aliphatic hydroxyl groups excluding tert-OH is 1. The molecule has 2 heterocycles. The molecular weight excluding hydrogens is 232 g/mol. The van der Waals surface area contributed by atoms with Crippen molar-refractivity contribution in [3.63, 3.8) is 0 Å². The molecular formula is C9H11ClN4O2. The lowest BCUT2D eigenvalue weighted by atomic mass is 10.3. The van der Waals surface area contributed by atoms with Crippen LogP contribution in [0, 0.1) is 0 Å². The molecule has 0 radical (unpaired) electrons. The zero-order valence-electron chi connectivity index (χ0n) is 8.64. The molecule has 7 heteroatoms. The van der Waals surface area contributed by atoms with E-state index in [1.54, 1.807) is 7.05 Å². The van der Waals surface area contributed by atoms with E-state index in [0.717, 1.165) is 0 Å². The van der Waals surface area contributed by atoms with Gasteiger partial charge in [-0.25, -0.2) is 9.97 Å². The number of carbonyl (C=O) groups excluding carboxylic acids is 1. The Hall–Kier alpha value is -1.40. The van der Waals surface area contributed by atoms with Crippen LogP contribution in [-0.4, -0.2) is 40.7 Å². The fraction of sp³-hybridized carbons (Fsp3) is 0.444. The Morgan fingerprint density at radius 1 is 1.62 bits per heavy atom. The fourth-order valence-corrected chi connectivity index (χ4v) is 1.92. The van der Waals surface area contributed by atoms with Crippen LogP contribution in [0.2, 0.25) is 5.15 Å². The maximum atomic E-state index is 11.6. The highest BCUT2D eigenvalue weighted by Gasteiger charge is 2.32. The van der Waals surface area contributed by atoms with Crippen LogP contribution in [0.1, 0.15) is 6.42 Å². The molecule has 1 aliphatic rings. The van der Waals surface area contributed by atoms with Gasteiger partial charge in [0.05, 0.1) is 19.1 Å². The summed E-state index contributed by atoms with van der Waals surface area (Å²) in [6, 6.07) is 0. The molecule has 1 unspecified atom stereocenters. The summed E-state index contributed by atoms with van der Waals surface area (Å²) in [6.45, 7) is 0.223. The number of anilines is 2. The van der Waals surface area contributed by atoms with Gasteiger partial charge in [0.15, 0.2) is 11.0 Å². The normalized spacial score (nSPS) is 20.3. The van der Waals surface area contributed by atoms with Crippen molar-refractivity contribution in [3.05, 3.63) is 11.5 Å². The van der Waals surface area contributed by atoms with Crippen LogP contribution in [0.25, 0.3) is 0 Å². The van der Waals surface area contributed by atoms with Gasteiger partial charge in [0.1, 0.15) is 12.0 Å². The van der Waals surface area contributed by atoms with Gasteiger partial charge in [0.2, 0.25) is 5.91 Å². The van der Waals surface area contributed by atoms with Crippen molar-refractivity contribution in [1.29, 1.82) is 0 Å². The summed E-state index contributed by atoms with van der Waals surface area (Å²) in [4.78, 5) is 20.8. The molecule has 1 amide bonds. The van der Waals surface area contributed by atoms with Crippen LogP contribution in [0.4, 0.5) is 11.5 Å².